The maximum absolute atomic E-state index is 12.1. The number of imidazole rings is 1. The molecule has 0 fully saturated rings. The number of nitrogens with one attached hydrogen (secondary N) is 2. The molecule has 0 aliphatic carbocycles. The number of amides is 2. The van der Waals surface area contributed by atoms with Crippen molar-refractivity contribution in [2.45, 2.75) is 32.9 Å². The summed E-state index contributed by atoms with van der Waals surface area (Å²) in [5.74, 6) is 0.559. The van der Waals surface area contributed by atoms with Gasteiger partial charge in [0.05, 0.1) is 23.9 Å². The zero-order valence-corrected chi connectivity index (χ0v) is 15.9. The number of rotatable bonds is 8. The van der Waals surface area contributed by atoms with Gasteiger partial charge in [0.1, 0.15) is 5.65 Å². The summed E-state index contributed by atoms with van der Waals surface area (Å²) in [5, 5.41) is 6.24. The van der Waals surface area contributed by atoms with Crippen molar-refractivity contribution in [3.8, 4) is 5.88 Å². The predicted octanol–water partition coefficient (Wildman–Crippen LogP) is 3.56. The highest BCUT2D eigenvalue weighted by atomic mass is 35.5. The number of pyridine rings is 2. The van der Waals surface area contributed by atoms with E-state index in [1.165, 1.54) is 0 Å². The number of hydrogen-bond acceptors (Lipinski definition) is 4. The van der Waals surface area contributed by atoms with Gasteiger partial charge in [0.15, 0.2) is 0 Å². The number of unbranched alkanes of at least 4 members (excludes halogenated alkanes) is 1. The zero-order chi connectivity index (χ0) is 19.1. The molecule has 2 amide bonds. The molecule has 27 heavy (non-hydrogen) atoms. The molecule has 0 spiro atoms. The van der Waals surface area contributed by atoms with Crippen LogP contribution in [0.5, 0.6) is 5.88 Å². The summed E-state index contributed by atoms with van der Waals surface area (Å²) in [4.78, 5) is 20.8. The molecule has 0 radical (unpaired) electrons. The van der Waals surface area contributed by atoms with Crippen LogP contribution in [0.4, 0.5) is 4.79 Å². The lowest BCUT2D eigenvalue weighted by Crippen LogP contribution is -2.34. The second kappa shape index (κ2) is 9.23. The second-order valence-corrected chi connectivity index (χ2v) is 6.49. The van der Waals surface area contributed by atoms with Crippen LogP contribution in [0.2, 0.25) is 5.02 Å². The number of fused-ring (bicyclic) bond motifs is 1. The fourth-order valence-electron chi connectivity index (χ4n) is 2.51. The second-order valence-electron chi connectivity index (χ2n) is 6.05. The Morgan fingerprint density at radius 3 is 2.93 bits per heavy atom. The van der Waals surface area contributed by atoms with E-state index in [2.05, 4.69) is 27.5 Å². The van der Waals surface area contributed by atoms with Crippen molar-refractivity contribution < 1.29 is 9.53 Å². The average molecular weight is 388 g/mol. The maximum Gasteiger partial charge on any atom is 0.315 e. The van der Waals surface area contributed by atoms with E-state index < -0.39 is 0 Å². The van der Waals surface area contributed by atoms with Gasteiger partial charge in [-0.2, -0.15) is 0 Å². The predicted molar refractivity (Wildman–Crippen MR) is 104 cm³/mol. The first kappa shape index (κ1) is 19.0. The largest absolute Gasteiger partial charge is 0.477 e. The molecule has 0 bridgehead atoms. The summed E-state index contributed by atoms with van der Waals surface area (Å²) in [6.07, 6.45) is 7.31. The molecular formula is C19H22ClN5O2. The van der Waals surface area contributed by atoms with E-state index in [0.717, 1.165) is 29.7 Å². The Balaban J connectivity index is 1.51. The lowest BCUT2D eigenvalue weighted by Gasteiger charge is -2.11. The molecule has 3 heterocycles. The molecule has 0 atom stereocenters. The average Bonchev–Trinajstić information content (AvgIpc) is 3.08. The van der Waals surface area contributed by atoms with E-state index in [-0.39, 0.29) is 6.03 Å². The molecule has 0 aliphatic rings. The summed E-state index contributed by atoms with van der Waals surface area (Å²) < 4.78 is 7.50. The first-order valence-electron chi connectivity index (χ1n) is 8.87. The van der Waals surface area contributed by atoms with E-state index in [9.17, 15) is 4.79 Å². The number of halogens is 1. The Labute approximate surface area is 162 Å². The Hall–Kier alpha value is -2.80. The minimum atomic E-state index is -0.284. The third-order valence-corrected chi connectivity index (χ3v) is 4.14. The van der Waals surface area contributed by atoms with Crippen LogP contribution in [-0.2, 0) is 13.1 Å². The van der Waals surface area contributed by atoms with E-state index in [1.54, 1.807) is 18.5 Å². The molecule has 3 aromatic heterocycles. The SMILES string of the molecule is CCCCOc1ncccc1CNC(=O)NCc1cn2cc(Cl)ccc2n1. The number of carbonyl (C=O) groups is 1. The number of aromatic nitrogens is 3. The highest BCUT2D eigenvalue weighted by molar-refractivity contribution is 6.30. The third kappa shape index (κ3) is 5.34. The van der Waals surface area contributed by atoms with Crippen molar-refractivity contribution in [3.63, 3.8) is 0 Å². The molecular weight excluding hydrogens is 366 g/mol. The van der Waals surface area contributed by atoms with Crippen LogP contribution in [0.25, 0.3) is 5.65 Å². The first-order chi connectivity index (χ1) is 13.2. The van der Waals surface area contributed by atoms with Gasteiger partial charge in [-0.15, -0.1) is 0 Å². The normalized spacial score (nSPS) is 10.7. The van der Waals surface area contributed by atoms with Crippen molar-refractivity contribution in [1.82, 2.24) is 25.0 Å². The molecule has 0 aromatic carbocycles. The summed E-state index contributed by atoms with van der Waals surface area (Å²) in [6.45, 7) is 3.37. The fourth-order valence-corrected chi connectivity index (χ4v) is 2.68. The van der Waals surface area contributed by atoms with E-state index >= 15 is 0 Å². The number of hydrogen-bond donors (Lipinski definition) is 2. The Bertz CT molecular complexity index is 912. The number of ether oxygens (including phenoxy) is 1. The summed E-state index contributed by atoms with van der Waals surface area (Å²) >= 11 is 5.96. The van der Waals surface area contributed by atoms with E-state index in [4.69, 9.17) is 16.3 Å². The molecule has 8 heteroatoms. The summed E-state index contributed by atoms with van der Waals surface area (Å²) in [5.41, 5.74) is 2.37. The van der Waals surface area contributed by atoms with Crippen LogP contribution < -0.4 is 15.4 Å². The van der Waals surface area contributed by atoms with Gasteiger partial charge in [-0.25, -0.2) is 14.8 Å². The van der Waals surface area contributed by atoms with Crippen LogP contribution in [-0.4, -0.2) is 27.0 Å². The van der Waals surface area contributed by atoms with Gasteiger partial charge in [-0.3, -0.25) is 0 Å². The number of carbonyl (C=O) groups excluding carboxylic acids is 1. The maximum atomic E-state index is 12.1. The zero-order valence-electron chi connectivity index (χ0n) is 15.1. The first-order valence-corrected chi connectivity index (χ1v) is 9.25. The summed E-state index contributed by atoms with van der Waals surface area (Å²) in [6, 6.07) is 7.04. The van der Waals surface area contributed by atoms with Crippen molar-refractivity contribution in [2.24, 2.45) is 0 Å². The quantitative estimate of drug-likeness (QED) is 0.579. The van der Waals surface area contributed by atoms with Crippen molar-refractivity contribution >= 4 is 23.3 Å². The van der Waals surface area contributed by atoms with Crippen LogP contribution in [0, 0.1) is 0 Å². The van der Waals surface area contributed by atoms with Gasteiger partial charge in [-0.05, 0) is 24.6 Å². The monoisotopic (exact) mass is 387 g/mol. The van der Waals surface area contributed by atoms with Gasteiger partial charge in [-0.1, -0.05) is 31.0 Å². The smallest absolute Gasteiger partial charge is 0.315 e. The lowest BCUT2D eigenvalue weighted by molar-refractivity contribution is 0.239. The van der Waals surface area contributed by atoms with Gasteiger partial charge in [0, 0.05) is 30.7 Å². The van der Waals surface area contributed by atoms with Crippen molar-refractivity contribution in [3.05, 3.63) is 59.1 Å². The standard InChI is InChI=1S/C19H22ClN5O2/c1-2-3-9-27-18-14(5-4-8-21-18)10-22-19(26)23-11-16-13-25-12-15(20)6-7-17(25)24-16/h4-8,12-13H,2-3,9-11H2,1H3,(H2,22,23,26). The van der Waals surface area contributed by atoms with Crippen molar-refractivity contribution in [1.29, 1.82) is 0 Å². The third-order valence-electron chi connectivity index (χ3n) is 3.92. The fraction of sp³-hybridized carbons (Fsp3) is 0.316. The molecule has 0 saturated carbocycles. The molecule has 142 valence electrons. The van der Waals surface area contributed by atoms with Crippen LogP contribution in [0.3, 0.4) is 0 Å². The lowest BCUT2D eigenvalue weighted by atomic mass is 10.2. The molecule has 0 saturated heterocycles. The Kier molecular flexibility index (Phi) is 6.49. The van der Waals surface area contributed by atoms with Gasteiger partial charge < -0.3 is 19.8 Å². The number of urea groups is 1. The van der Waals surface area contributed by atoms with E-state index in [1.807, 2.05) is 28.8 Å². The number of nitrogens with zero attached hydrogens (tertiary/aromatic N) is 3. The summed E-state index contributed by atoms with van der Waals surface area (Å²) in [7, 11) is 0. The van der Waals surface area contributed by atoms with Gasteiger partial charge >= 0.3 is 6.03 Å². The highest BCUT2D eigenvalue weighted by Gasteiger charge is 2.08. The molecule has 0 unspecified atom stereocenters. The van der Waals surface area contributed by atoms with Crippen molar-refractivity contribution in [2.75, 3.05) is 6.61 Å². The molecule has 3 aromatic rings. The van der Waals surface area contributed by atoms with Crippen LogP contribution in [0.15, 0.2) is 42.9 Å². The minimum Gasteiger partial charge on any atom is -0.477 e. The van der Waals surface area contributed by atoms with Gasteiger partial charge in [0.2, 0.25) is 5.88 Å². The Morgan fingerprint density at radius 1 is 1.22 bits per heavy atom. The molecule has 7 nitrogen and oxygen atoms in total. The Morgan fingerprint density at radius 2 is 2.07 bits per heavy atom. The molecule has 3 rings (SSSR count). The molecule has 2 N–H and O–H groups in total. The molecule has 0 aliphatic heterocycles. The topological polar surface area (TPSA) is 80.5 Å². The minimum absolute atomic E-state index is 0.284. The van der Waals surface area contributed by atoms with Crippen LogP contribution in [0.1, 0.15) is 31.0 Å². The van der Waals surface area contributed by atoms with Crippen LogP contribution >= 0.6 is 11.6 Å². The van der Waals surface area contributed by atoms with E-state index in [0.29, 0.717) is 30.6 Å². The van der Waals surface area contributed by atoms with Gasteiger partial charge in [0.25, 0.3) is 0 Å². The highest BCUT2D eigenvalue weighted by Crippen LogP contribution is 2.14.